The van der Waals surface area contributed by atoms with Gasteiger partial charge in [-0.2, -0.15) is 0 Å². The van der Waals surface area contributed by atoms with Gasteiger partial charge in [0.1, 0.15) is 0 Å². The molecule has 0 saturated carbocycles. The topological polar surface area (TPSA) is 56.9 Å². The van der Waals surface area contributed by atoms with Gasteiger partial charge in [-0.25, -0.2) is 0 Å². The molecule has 48 valence electrons. The second kappa shape index (κ2) is 4.59. The van der Waals surface area contributed by atoms with Crippen molar-refractivity contribution in [1.29, 1.82) is 10.8 Å². The van der Waals surface area contributed by atoms with Gasteiger partial charge >= 0.3 is 0 Å². The molecule has 0 bridgehead atoms. The smallest absolute Gasteiger partial charge is 0.185 e. The second-order valence-corrected chi connectivity index (χ2v) is 1.21. The van der Waals surface area contributed by atoms with Crippen LogP contribution in [0.5, 0.6) is 0 Å². The van der Waals surface area contributed by atoms with Crippen molar-refractivity contribution in [3.63, 3.8) is 0 Å². The molecule has 0 spiro atoms. The fourth-order valence-electron chi connectivity index (χ4n) is 0.230. The van der Waals surface area contributed by atoms with Gasteiger partial charge in [0.05, 0.1) is 0 Å². The minimum Gasteiger partial charge on any atom is -0.430 e. The Bertz CT molecular complexity index is 90.2. The number of rotatable bonds is 0. The molecule has 2 N–H and O–H groups in total. The highest BCUT2D eigenvalue weighted by Crippen LogP contribution is 1.75. The highest BCUT2D eigenvalue weighted by Gasteiger charge is 1.85. The number of halogens is 1. The van der Waals surface area contributed by atoms with E-state index in [9.17, 15) is 0 Å². The van der Waals surface area contributed by atoms with Crippen LogP contribution in [0.15, 0.2) is 0 Å². The third-order valence-corrected chi connectivity index (χ3v) is 0.306. The number of ether oxygens (including phenoxy) is 1. The van der Waals surface area contributed by atoms with Gasteiger partial charge in [-0.1, -0.05) is 0 Å². The van der Waals surface area contributed by atoms with Gasteiger partial charge in [0, 0.05) is 13.8 Å². The van der Waals surface area contributed by atoms with Crippen LogP contribution < -0.4 is 0 Å². The summed E-state index contributed by atoms with van der Waals surface area (Å²) in [7, 11) is 0. The van der Waals surface area contributed by atoms with Crippen molar-refractivity contribution < 1.29 is 4.74 Å². The summed E-state index contributed by atoms with van der Waals surface area (Å²) >= 11 is 0. The van der Waals surface area contributed by atoms with Crippen LogP contribution in [-0.4, -0.2) is 11.8 Å². The summed E-state index contributed by atoms with van der Waals surface area (Å²) in [5.41, 5.74) is 0. The molecule has 0 fully saturated rings. The Balaban J connectivity index is 0. The second-order valence-electron chi connectivity index (χ2n) is 1.21. The van der Waals surface area contributed by atoms with Crippen molar-refractivity contribution >= 4 is 24.2 Å². The maximum Gasteiger partial charge on any atom is 0.185 e. The van der Waals surface area contributed by atoms with Crippen molar-refractivity contribution in [3.8, 4) is 0 Å². The van der Waals surface area contributed by atoms with E-state index in [2.05, 4.69) is 4.74 Å². The first-order chi connectivity index (χ1) is 3.13. The van der Waals surface area contributed by atoms with Gasteiger partial charge in [-0.05, 0) is 0 Å². The fraction of sp³-hybridized carbons (Fsp3) is 0.500. The molecule has 0 rings (SSSR count). The van der Waals surface area contributed by atoms with Gasteiger partial charge in [-0.3, -0.25) is 10.8 Å². The summed E-state index contributed by atoms with van der Waals surface area (Å²) < 4.78 is 4.42. The van der Waals surface area contributed by atoms with Crippen molar-refractivity contribution in [1.82, 2.24) is 0 Å². The molecule has 0 unspecified atom stereocenters. The Labute approximate surface area is 54.5 Å². The van der Waals surface area contributed by atoms with Crippen molar-refractivity contribution in [3.05, 3.63) is 0 Å². The molecule has 0 aliphatic heterocycles. The first-order valence-electron chi connectivity index (χ1n) is 1.91. The minimum atomic E-state index is 0. The zero-order valence-electron chi connectivity index (χ0n) is 4.82. The zero-order chi connectivity index (χ0) is 5.86. The Morgan fingerprint density at radius 3 is 1.38 bits per heavy atom. The largest absolute Gasteiger partial charge is 0.430 e. The quantitative estimate of drug-likeness (QED) is 0.384. The zero-order valence-corrected chi connectivity index (χ0v) is 5.63. The molecular weight excluding hydrogens is 128 g/mol. The Hall–Kier alpha value is -0.570. The van der Waals surface area contributed by atoms with Gasteiger partial charge in [-0.15, -0.1) is 12.4 Å². The van der Waals surface area contributed by atoms with E-state index in [4.69, 9.17) is 10.8 Å². The molecule has 0 saturated heterocycles. The van der Waals surface area contributed by atoms with E-state index in [1.54, 1.807) is 0 Å². The Morgan fingerprint density at radius 1 is 1.12 bits per heavy atom. The van der Waals surface area contributed by atoms with Gasteiger partial charge in [0.15, 0.2) is 11.8 Å². The Kier molecular flexibility index (Phi) is 5.97. The first-order valence-corrected chi connectivity index (χ1v) is 1.91. The summed E-state index contributed by atoms with van der Waals surface area (Å²) in [4.78, 5) is 0. The monoisotopic (exact) mass is 136 g/mol. The molecule has 0 amide bonds. The maximum absolute atomic E-state index is 6.66. The van der Waals surface area contributed by atoms with Crippen LogP contribution in [0, 0.1) is 10.8 Å². The summed E-state index contributed by atoms with van der Waals surface area (Å²) in [6.45, 7) is 2.97. The van der Waals surface area contributed by atoms with Crippen LogP contribution in [0.2, 0.25) is 0 Å². The molecule has 0 radical (unpaired) electrons. The molecule has 0 atom stereocenters. The van der Waals surface area contributed by atoms with E-state index in [1.807, 2.05) is 0 Å². The van der Waals surface area contributed by atoms with Crippen LogP contribution in [0.1, 0.15) is 13.8 Å². The molecular formula is C4H9ClN2O. The van der Waals surface area contributed by atoms with Gasteiger partial charge < -0.3 is 4.74 Å². The molecule has 0 aromatic rings. The predicted molar refractivity (Wildman–Crippen MR) is 35.1 cm³/mol. The van der Waals surface area contributed by atoms with Gasteiger partial charge in [0.2, 0.25) is 0 Å². The minimum absolute atomic E-state index is 0. The molecule has 0 aromatic carbocycles. The van der Waals surface area contributed by atoms with Crippen molar-refractivity contribution in [2.45, 2.75) is 13.8 Å². The van der Waals surface area contributed by atoms with Crippen LogP contribution in [0.3, 0.4) is 0 Å². The SMILES string of the molecule is CC(=N)OC(C)=N.Cl. The Morgan fingerprint density at radius 2 is 1.38 bits per heavy atom. The lowest BCUT2D eigenvalue weighted by Gasteiger charge is -1.94. The number of nitrogens with one attached hydrogen (secondary N) is 2. The van der Waals surface area contributed by atoms with E-state index in [0.717, 1.165) is 0 Å². The fourth-order valence-corrected chi connectivity index (χ4v) is 0.230. The van der Waals surface area contributed by atoms with Crippen LogP contribution in [0.25, 0.3) is 0 Å². The van der Waals surface area contributed by atoms with Crippen molar-refractivity contribution in [2.24, 2.45) is 0 Å². The van der Waals surface area contributed by atoms with E-state index >= 15 is 0 Å². The number of hydrogen-bond acceptors (Lipinski definition) is 3. The van der Waals surface area contributed by atoms with Crippen LogP contribution in [-0.2, 0) is 4.74 Å². The molecule has 8 heavy (non-hydrogen) atoms. The van der Waals surface area contributed by atoms with Crippen LogP contribution in [0.4, 0.5) is 0 Å². The lowest BCUT2D eigenvalue weighted by Crippen LogP contribution is -2.01. The highest BCUT2D eigenvalue weighted by molar-refractivity contribution is 5.85. The third-order valence-electron chi connectivity index (χ3n) is 0.306. The lowest BCUT2D eigenvalue weighted by atomic mass is 10.7. The first kappa shape index (κ1) is 10.4. The normalized spacial score (nSPS) is 6.75. The highest BCUT2D eigenvalue weighted by atomic mass is 35.5. The summed E-state index contributed by atoms with van der Waals surface area (Å²) in [6, 6.07) is 0. The number of hydrogen-bond donors (Lipinski definition) is 2. The molecule has 3 nitrogen and oxygen atoms in total. The third kappa shape index (κ3) is 9.06. The summed E-state index contributed by atoms with van der Waals surface area (Å²) in [5, 5.41) is 13.3. The standard InChI is InChI=1S/C4H8N2O.ClH/c1-3(5)7-4(2)6;/h5-6H,1-2H3;1H. The average molecular weight is 137 g/mol. The van der Waals surface area contributed by atoms with E-state index in [0.29, 0.717) is 0 Å². The van der Waals surface area contributed by atoms with Crippen molar-refractivity contribution in [2.75, 3.05) is 0 Å². The van der Waals surface area contributed by atoms with Crippen LogP contribution >= 0.6 is 12.4 Å². The van der Waals surface area contributed by atoms with Gasteiger partial charge in [0.25, 0.3) is 0 Å². The molecule has 0 aliphatic rings. The predicted octanol–water partition coefficient (Wildman–Crippen LogP) is 1.42. The molecule has 0 aromatic heterocycles. The van der Waals surface area contributed by atoms with E-state index in [1.165, 1.54) is 13.8 Å². The van der Waals surface area contributed by atoms with E-state index in [-0.39, 0.29) is 24.2 Å². The molecule has 0 aliphatic carbocycles. The summed E-state index contributed by atoms with van der Waals surface area (Å²) in [6.07, 6.45) is 0. The molecule has 4 heteroatoms. The summed E-state index contributed by atoms with van der Waals surface area (Å²) in [5.74, 6) is 0.125. The van der Waals surface area contributed by atoms with E-state index < -0.39 is 0 Å². The lowest BCUT2D eigenvalue weighted by molar-refractivity contribution is 0.526. The maximum atomic E-state index is 6.66. The average Bonchev–Trinajstić information content (AvgIpc) is 1.27. The molecule has 0 heterocycles.